The molecule has 7 rings (SSSR count). The summed E-state index contributed by atoms with van der Waals surface area (Å²) in [6.45, 7) is 9.46. The number of anilines is 1. The first-order valence-electron chi connectivity index (χ1n) is 17.0. The number of rotatable bonds is 7. The van der Waals surface area contributed by atoms with E-state index in [2.05, 4.69) is 55.3 Å². The molecular formula is C40H42ClN3O4. The van der Waals surface area contributed by atoms with Gasteiger partial charge in [0.05, 0.1) is 10.9 Å². The summed E-state index contributed by atoms with van der Waals surface area (Å²) >= 11 is 6.21. The molecule has 48 heavy (non-hydrogen) atoms. The summed E-state index contributed by atoms with van der Waals surface area (Å²) in [6.07, 6.45) is 6.30. The van der Waals surface area contributed by atoms with Gasteiger partial charge in [0, 0.05) is 55.3 Å². The maximum Gasteiger partial charge on any atom is 0.287 e. The average Bonchev–Trinajstić information content (AvgIpc) is 3.61. The van der Waals surface area contributed by atoms with Crippen LogP contribution < -0.4 is 15.6 Å². The topological polar surface area (TPSA) is 82.9 Å². The van der Waals surface area contributed by atoms with Crippen LogP contribution >= 0.6 is 11.6 Å². The van der Waals surface area contributed by atoms with Crippen molar-refractivity contribution in [3.05, 3.63) is 122 Å². The van der Waals surface area contributed by atoms with Crippen LogP contribution in [0.3, 0.4) is 0 Å². The van der Waals surface area contributed by atoms with Crippen molar-refractivity contribution in [2.24, 2.45) is 0 Å². The number of para-hydroxylation sites is 1. The molecule has 2 atom stereocenters. The second-order valence-corrected chi connectivity index (χ2v) is 15.0. The van der Waals surface area contributed by atoms with E-state index in [4.69, 9.17) is 16.0 Å². The third-order valence-electron chi connectivity index (χ3n) is 10.2. The van der Waals surface area contributed by atoms with Crippen molar-refractivity contribution in [1.29, 1.82) is 0 Å². The Balaban J connectivity index is 1.12. The minimum absolute atomic E-state index is 0.0125. The van der Waals surface area contributed by atoms with Crippen molar-refractivity contribution in [2.45, 2.75) is 76.3 Å². The number of nitrogens with zero attached hydrogens (tertiary/aromatic N) is 2. The molecule has 248 valence electrons. The third kappa shape index (κ3) is 6.53. The first kappa shape index (κ1) is 32.2. The molecule has 0 bridgehead atoms. The van der Waals surface area contributed by atoms with Gasteiger partial charge in [-0.15, -0.1) is 0 Å². The Morgan fingerprint density at radius 2 is 1.73 bits per heavy atom. The lowest BCUT2D eigenvalue weighted by Gasteiger charge is -2.33. The predicted molar refractivity (Wildman–Crippen MR) is 191 cm³/mol. The lowest BCUT2D eigenvalue weighted by molar-refractivity contribution is -0.128. The fraction of sp³-hybridized carbons (Fsp3) is 0.375. The van der Waals surface area contributed by atoms with E-state index in [-0.39, 0.29) is 28.4 Å². The first-order chi connectivity index (χ1) is 23.0. The van der Waals surface area contributed by atoms with Crippen LogP contribution in [0.5, 0.6) is 0 Å². The number of fused-ring (bicyclic) bond motifs is 1. The second kappa shape index (κ2) is 12.6. The number of carbonyl (C=O) groups is 2. The van der Waals surface area contributed by atoms with E-state index in [0.29, 0.717) is 29.0 Å². The summed E-state index contributed by atoms with van der Waals surface area (Å²) in [4.78, 5) is 43.7. The first-order valence-corrected chi connectivity index (χ1v) is 17.3. The van der Waals surface area contributed by atoms with Crippen molar-refractivity contribution in [2.75, 3.05) is 24.5 Å². The number of amides is 2. The Hall–Kier alpha value is -4.36. The van der Waals surface area contributed by atoms with Crippen molar-refractivity contribution in [3.63, 3.8) is 0 Å². The Labute approximate surface area is 286 Å². The Morgan fingerprint density at radius 1 is 0.979 bits per heavy atom. The van der Waals surface area contributed by atoms with Crippen molar-refractivity contribution in [3.8, 4) is 0 Å². The molecule has 4 aromatic rings. The van der Waals surface area contributed by atoms with Gasteiger partial charge in [-0.3, -0.25) is 14.4 Å². The number of hydrogen-bond donors (Lipinski definition) is 1. The summed E-state index contributed by atoms with van der Waals surface area (Å²) in [5.41, 5.74) is 5.26. The molecule has 3 heterocycles. The van der Waals surface area contributed by atoms with E-state index >= 15 is 0 Å². The molecule has 7 nitrogen and oxygen atoms in total. The zero-order valence-corrected chi connectivity index (χ0v) is 28.6. The van der Waals surface area contributed by atoms with Crippen LogP contribution in [0.4, 0.5) is 5.69 Å². The Kier molecular flexibility index (Phi) is 8.44. The van der Waals surface area contributed by atoms with Gasteiger partial charge in [0.25, 0.3) is 5.91 Å². The summed E-state index contributed by atoms with van der Waals surface area (Å²) in [5.74, 6) is -0.0775. The summed E-state index contributed by atoms with van der Waals surface area (Å²) in [6, 6.07) is 23.1. The van der Waals surface area contributed by atoms with Gasteiger partial charge in [-0.1, -0.05) is 80.4 Å². The molecule has 1 N–H and O–H groups in total. The largest absolute Gasteiger partial charge is 0.451 e. The molecule has 8 heteroatoms. The third-order valence-corrected chi connectivity index (χ3v) is 10.4. The van der Waals surface area contributed by atoms with Gasteiger partial charge in [-0.2, -0.15) is 0 Å². The minimum atomic E-state index is -0.597. The molecule has 0 spiro atoms. The fourth-order valence-electron chi connectivity index (χ4n) is 7.30. The van der Waals surface area contributed by atoms with Crippen LogP contribution in [-0.2, 0) is 16.8 Å². The van der Waals surface area contributed by atoms with Crippen LogP contribution in [0, 0.1) is 0 Å². The van der Waals surface area contributed by atoms with Gasteiger partial charge >= 0.3 is 0 Å². The molecule has 2 aliphatic heterocycles. The highest BCUT2D eigenvalue weighted by molar-refractivity contribution is 6.30. The quantitative estimate of drug-likeness (QED) is 0.205. The molecule has 2 saturated heterocycles. The standard InChI is InChI=1S/C40H42ClN3O4/c1-39(2,3)29-12-15-35-31(21-29)34(45)22-36(48-35)38(47)42-40(24-32(40)27-10-13-30(41)14-11-27)23-26-16-19-43(20-17-26)33-8-5-4-7-28(33)25-44-18-6-9-37(44)46/h4-5,7-8,10-15,21-23,32H,6,9,16-20,24-25H2,1-3H3,(H,42,47). The van der Waals surface area contributed by atoms with Crippen molar-refractivity contribution < 1.29 is 14.0 Å². The predicted octanol–water partition coefficient (Wildman–Crippen LogP) is 7.75. The lowest BCUT2D eigenvalue weighted by atomic mass is 9.86. The molecule has 3 aromatic carbocycles. The number of carbonyl (C=O) groups excluding carboxylic acids is 2. The van der Waals surface area contributed by atoms with Crippen LogP contribution in [0.1, 0.15) is 86.0 Å². The Bertz CT molecular complexity index is 1970. The summed E-state index contributed by atoms with van der Waals surface area (Å²) < 4.78 is 6.04. The van der Waals surface area contributed by atoms with E-state index in [1.165, 1.54) is 22.9 Å². The second-order valence-electron chi connectivity index (χ2n) is 14.6. The highest BCUT2D eigenvalue weighted by Gasteiger charge is 2.55. The van der Waals surface area contributed by atoms with Crippen molar-refractivity contribution >= 4 is 40.1 Å². The van der Waals surface area contributed by atoms with E-state index in [1.54, 1.807) is 6.07 Å². The fourth-order valence-corrected chi connectivity index (χ4v) is 7.43. The van der Waals surface area contributed by atoms with E-state index in [1.807, 2.05) is 47.4 Å². The highest BCUT2D eigenvalue weighted by Crippen LogP contribution is 2.54. The number of hydrogen-bond acceptors (Lipinski definition) is 5. The number of halogens is 1. The van der Waals surface area contributed by atoms with Gasteiger partial charge in [0.15, 0.2) is 11.2 Å². The highest BCUT2D eigenvalue weighted by atomic mass is 35.5. The van der Waals surface area contributed by atoms with Crippen LogP contribution in [0.25, 0.3) is 11.0 Å². The smallest absolute Gasteiger partial charge is 0.287 e. The van der Waals surface area contributed by atoms with E-state index in [9.17, 15) is 14.4 Å². The van der Waals surface area contributed by atoms with Crippen LogP contribution in [0.2, 0.25) is 5.02 Å². The van der Waals surface area contributed by atoms with Crippen LogP contribution in [-0.4, -0.2) is 41.9 Å². The molecule has 3 aliphatic rings. The van der Waals surface area contributed by atoms with Gasteiger partial charge < -0.3 is 19.5 Å². The molecule has 3 fully saturated rings. The zero-order valence-electron chi connectivity index (χ0n) is 27.9. The normalized spacial score (nSPS) is 21.1. The molecule has 1 aliphatic carbocycles. The molecular weight excluding hydrogens is 622 g/mol. The molecule has 0 radical (unpaired) electrons. The monoisotopic (exact) mass is 663 g/mol. The number of likely N-dealkylation sites (tertiary alicyclic amines) is 1. The van der Waals surface area contributed by atoms with Crippen molar-refractivity contribution in [1.82, 2.24) is 10.2 Å². The average molecular weight is 664 g/mol. The zero-order chi connectivity index (χ0) is 33.6. The van der Waals surface area contributed by atoms with Gasteiger partial charge in [0.2, 0.25) is 5.91 Å². The number of benzene rings is 3. The van der Waals surface area contributed by atoms with Gasteiger partial charge in [-0.25, -0.2) is 0 Å². The van der Waals surface area contributed by atoms with Gasteiger partial charge in [0.1, 0.15) is 5.58 Å². The molecule has 1 saturated carbocycles. The molecule has 1 aromatic heterocycles. The maximum atomic E-state index is 13.8. The number of nitrogens with one attached hydrogen (secondary N) is 1. The lowest BCUT2D eigenvalue weighted by Crippen LogP contribution is -2.38. The molecule has 2 amide bonds. The Morgan fingerprint density at radius 3 is 2.44 bits per heavy atom. The SMILES string of the molecule is CC(C)(C)c1ccc2oc(C(=O)NC3(C=C4CCN(c5ccccc5CN5CCCC5=O)CC4)CC3c3ccc(Cl)cc3)cc(=O)c2c1. The maximum absolute atomic E-state index is 13.8. The molecule has 2 unspecified atom stereocenters. The number of piperidine rings is 1. The minimum Gasteiger partial charge on any atom is -0.451 e. The van der Waals surface area contributed by atoms with E-state index < -0.39 is 11.4 Å². The summed E-state index contributed by atoms with van der Waals surface area (Å²) in [5, 5.41) is 4.43. The summed E-state index contributed by atoms with van der Waals surface area (Å²) in [7, 11) is 0. The van der Waals surface area contributed by atoms with Gasteiger partial charge in [-0.05, 0) is 78.1 Å². The van der Waals surface area contributed by atoms with E-state index in [0.717, 1.165) is 56.4 Å². The van der Waals surface area contributed by atoms with Crippen LogP contribution in [0.15, 0.2) is 93.7 Å².